The highest BCUT2D eigenvalue weighted by atomic mass is 35.5. The monoisotopic (exact) mass is 470 g/mol. The number of aliphatic hydroxyl groups is 2. The van der Waals surface area contributed by atoms with Crippen molar-refractivity contribution < 1.29 is 19.5 Å². The number of hydrogen-bond donors (Lipinski definition) is 3. The number of hydrogen-bond acceptors (Lipinski definition) is 9. The number of rotatable bonds is 4. The first kappa shape index (κ1) is 21.8. The molecule has 0 radical (unpaired) electrons. The number of ether oxygens (including phenoxy) is 1. The molecule has 4 atom stereocenters. The zero-order chi connectivity index (χ0) is 23.3. The molecule has 1 aromatic carbocycles. The predicted molar refractivity (Wildman–Crippen MR) is 120 cm³/mol. The first-order valence-electron chi connectivity index (χ1n) is 10.4. The van der Waals surface area contributed by atoms with E-state index in [2.05, 4.69) is 25.4 Å². The van der Waals surface area contributed by atoms with Crippen molar-refractivity contribution >= 4 is 34.3 Å². The third kappa shape index (κ3) is 3.84. The van der Waals surface area contributed by atoms with Gasteiger partial charge in [-0.05, 0) is 12.1 Å². The van der Waals surface area contributed by atoms with Gasteiger partial charge in [-0.1, -0.05) is 49.7 Å². The SMILES string of the molecule is CC(C)(C)c1cc([C@H]2O[C@@H](n3cnc4c(Nc5ccccc5Cl)ncnc43)[C@H](O)[C@@H]2O)on1. The largest absolute Gasteiger partial charge is 0.387 e. The van der Waals surface area contributed by atoms with Crippen LogP contribution in [0.25, 0.3) is 11.2 Å². The number of nitrogens with zero attached hydrogens (tertiary/aromatic N) is 5. The first-order valence-corrected chi connectivity index (χ1v) is 10.8. The summed E-state index contributed by atoms with van der Waals surface area (Å²) in [5.41, 5.74) is 2.04. The molecule has 172 valence electrons. The summed E-state index contributed by atoms with van der Waals surface area (Å²) in [7, 11) is 0. The Morgan fingerprint density at radius 1 is 1.09 bits per heavy atom. The molecular weight excluding hydrogens is 448 g/mol. The number of anilines is 2. The van der Waals surface area contributed by atoms with Crippen LogP contribution < -0.4 is 5.32 Å². The van der Waals surface area contributed by atoms with Gasteiger partial charge in [0.05, 0.1) is 22.7 Å². The van der Waals surface area contributed by atoms with Crippen LogP contribution in [0, 0.1) is 0 Å². The lowest BCUT2D eigenvalue weighted by molar-refractivity contribution is -0.0434. The van der Waals surface area contributed by atoms with Gasteiger partial charge in [0.2, 0.25) is 0 Å². The number of aliphatic hydroxyl groups excluding tert-OH is 2. The van der Waals surface area contributed by atoms with Gasteiger partial charge in [-0.3, -0.25) is 4.57 Å². The van der Waals surface area contributed by atoms with E-state index in [0.29, 0.717) is 33.5 Å². The summed E-state index contributed by atoms with van der Waals surface area (Å²) in [6.45, 7) is 6.01. The molecule has 1 aliphatic rings. The van der Waals surface area contributed by atoms with Gasteiger partial charge >= 0.3 is 0 Å². The van der Waals surface area contributed by atoms with Crippen LogP contribution in [0.1, 0.15) is 44.6 Å². The molecule has 5 rings (SSSR count). The zero-order valence-electron chi connectivity index (χ0n) is 18.2. The van der Waals surface area contributed by atoms with Gasteiger partial charge in [-0.2, -0.15) is 0 Å². The van der Waals surface area contributed by atoms with Crippen LogP contribution in [0.3, 0.4) is 0 Å². The fourth-order valence-electron chi connectivity index (χ4n) is 3.72. The maximum absolute atomic E-state index is 10.8. The van der Waals surface area contributed by atoms with Crippen molar-refractivity contribution in [1.29, 1.82) is 0 Å². The number of fused-ring (bicyclic) bond motifs is 1. The van der Waals surface area contributed by atoms with Gasteiger partial charge in [0.25, 0.3) is 0 Å². The van der Waals surface area contributed by atoms with Crippen molar-refractivity contribution in [3.8, 4) is 0 Å². The second kappa shape index (κ2) is 8.07. The average Bonchev–Trinajstić information content (AvgIpc) is 3.49. The molecule has 33 heavy (non-hydrogen) atoms. The third-order valence-corrected chi connectivity index (χ3v) is 5.90. The Kier molecular flexibility index (Phi) is 5.32. The van der Waals surface area contributed by atoms with Crippen LogP contribution in [0.2, 0.25) is 5.02 Å². The molecule has 4 aromatic rings. The normalized spacial score (nSPS) is 23.3. The molecule has 1 saturated heterocycles. The number of para-hydroxylation sites is 1. The molecule has 0 amide bonds. The zero-order valence-corrected chi connectivity index (χ0v) is 18.9. The van der Waals surface area contributed by atoms with Crippen LogP contribution in [0.4, 0.5) is 11.5 Å². The molecule has 4 heterocycles. The minimum absolute atomic E-state index is 0.230. The van der Waals surface area contributed by atoms with Crippen LogP contribution in [0.15, 0.2) is 47.5 Å². The van der Waals surface area contributed by atoms with E-state index in [4.69, 9.17) is 20.9 Å². The highest BCUT2D eigenvalue weighted by molar-refractivity contribution is 6.33. The molecule has 0 bridgehead atoms. The van der Waals surface area contributed by atoms with Crippen molar-refractivity contribution in [3.05, 3.63) is 59.5 Å². The lowest BCUT2D eigenvalue weighted by Gasteiger charge is -2.16. The van der Waals surface area contributed by atoms with E-state index in [9.17, 15) is 10.2 Å². The fraction of sp³-hybridized carbons (Fsp3) is 0.364. The summed E-state index contributed by atoms with van der Waals surface area (Å²) in [5, 5.41) is 29.2. The van der Waals surface area contributed by atoms with Crippen LogP contribution >= 0.6 is 11.6 Å². The highest BCUT2D eigenvalue weighted by Crippen LogP contribution is 2.41. The van der Waals surface area contributed by atoms with E-state index in [1.165, 1.54) is 12.7 Å². The van der Waals surface area contributed by atoms with E-state index < -0.39 is 24.5 Å². The molecule has 1 fully saturated rings. The summed E-state index contributed by atoms with van der Waals surface area (Å²) in [5.74, 6) is 0.788. The van der Waals surface area contributed by atoms with E-state index in [1.807, 2.05) is 39.0 Å². The number of benzene rings is 1. The van der Waals surface area contributed by atoms with E-state index >= 15 is 0 Å². The highest BCUT2D eigenvalue weighted by Gasteiger charge is 2.47. The Bertz CT molecular complexity index is 1300. The summed E-state index contributed by atoms with van der Waals surface area (Å²) in [4.78, 5) is 13.0. The van der Waals surface area contributed by atoms with Crippen LogP contribution in [0.5, 0.6) is 0 Å². The number of imidazole rings is 1. The smallest absolute Gasteiger partial charge is 0.168 e. The van der Waals surface area contributed by atoms with Crippen molar-refractivity contribution in [3.63, 3.8) is 0 Å². The molecule has 0 aliphatic carbocycles. The Hall–Kier alpha value is -3.05. The van der Waals surface area contributed by atoms with E-state index in [1.54, 1.807) is 16.7 Å². The van der Waals surface area contributed by atoms with Crippen molar-refractivity contribution in [2.75, 3.05) is 5.32 Å². The van der Waals surface area contributed by atoms with Gasteiger partial charge in [0, 0.05) is 11.5 Å². The number of aromatic nitrogens is 5. The van der Waals surface area contributed by atoms with Gasteiger partial charge in [0.15, 0.2) is 29.0 Å². The molecular formula is C22H23ClN6O4. The Balaban J connectivity index is 1.46. The van der Waals surface area contributed by atoms with Gasteiger partial charge in [-0.25, -0.2) is 15.0 Å². The van der Waals surface area contributed by atoms with E-state index in [0.717, 1.165) is 5.69 Å². The third-order valence-electron chi connectivity index (χ3n) is 5.58. The summed E-state index contributed by atoms with van der Waals surface area (Å²) < 4.78 is 13.0. The maximum Gasteiger partial charge on any atom is 0.168 e. The first-order chi connectivity index (χ1) is 15.7. The summed E-state index contributed by atoms with van der Waals surface area (Å²) in [6, 6.07) is 9.01. The quantitative estimate of drug-likeness (QED) is 0.410. The lowest BCUT2D eigenvalue weighted by Crippen LogP contribution is -2.28. The van der Waals surface area contributed by atoms with Gasteiger partial charge in [-0.15, -0.1) is 0 Å². The molecule has 0 saturated carbocycles. The molecule has 3 N–H and O–H groups in total. The second-order valence-electron chi connectivity index (χ2n) is 8.94. The molecule has 3 aromatic heterocycles. The van der Waals surface area contributed by atoms with E-state index in [-0.39, 0.29) is 5.41 Å². The molecule has 0 spiro atoms. The second-order valence-corrected chi connectivity index (χ2v) is 9.35. The van der Waals surface area contributed by atoms with Crippen molar-refractivity contribution in [2.45, 2.75) is 50.7 Å². The standard InChI is InChI=1S/C22H23ClN6O4/c1-22(2,3)14-8-13(33-28-14)18-16(30)17(31)21(32-18)29-10-26-15-19(24-9-25-20(15)29)27-12-7-5-4-6-11(12)23/h4-10,16-18,21,30-31H,1-3H3,(H,24,25,27)/t16-,17+,18+,21+/m0/s1. The number of halogens is 1. The van der Waals surface area contributed by atoms with Crippen molar-refractivity contribution in [1.82, 2.24) is 24.7 Å². The number of nitrogens with one attached hydrogen (secondary N) is 1. The molecule has 10 nitrogen and oxygen atoms in total. The minimum atomic E-state index is -1.24. The molecule has 1 aliphatic heterocycles. The maximum atomic E-state index is 10.8. The van der Waals surface area contributed by atoms with Gasteiger partial charge in [0.1, 0.15) is 24.6 Å². The van der Waals surface area contributed by atoms with Crippen LogP contribution in [-0.4, -0.2) is 47.1 Å². The van der Waals surface area contributed by atoms with Gasteiger partial charge < -0.3 is 24.8 Å². The topological polar surface area (TPSA) is 131 Å². The Morgan fingerprint density at radius 2 is 1.88 bits per heavy atom. The van der Waals surface area contributed by atoms with Crippen molar-refractivity contribution in [2.24, 2.45) is 0 Å². The average molecular weight is 471 g/mol. The Labute approximate surface area is 194 Å². The lowest BCUT2D eigenvalue weighted by atomic mass is 9.92. The molecule has 0 unspecified atom stereocenters. The minimum Gasteiger partial charge on any atom is -0.387 e. The molecule has 11 heteroatoms. The van der Waals surface area contributed by atoms with Crippen LogP contribution in [-0.2, 0) is 10.2 Å². The predicted octanol–water partition coefficient (Wildman–Crippen LogP) is 3.50. The summed E-state index contributed by atoms with van der Waals surface area (Å²) in [6.07, 6.45) is -1.45. The fourth-order valence-corrected chi connectivity index (χ4v) is 3.90. The Morgan fingerprint density at radius 3 is 2.61 bits per heavy atom. The summed E-state index contributed by atoms with van der Waals surface area (Å²) >= 11 is 6.25.